The molecule has 3 heterocycles. The van der Waals surface area contributed by atoms with Crippen LogP contribution in [-0.2, 0) is 11.2 Å². The van der Waals surface area contributed by atoms with Gasteiger partial charge in [0.25, 0.3) is 0 Å². The molecule has 8 nitrogen and oxygen atoms in total. The Balaban J connectivity index is 2.10. The van der Waals surface area contributed by atoms with Gasteiger partial charge in [-0.1, -0.05) is 6.08 Å². The summed E-state index contributed by atoms with van der Waals surface area (Å²) in [5.74, 6) is 0.976. The molecule has 0 radical (unpaired) electrons. The molecule has 1 fully saturated rings. The van der Waals surface area contributed by atoms with Crippen LogP contribution in [0, 0.1) is 0 Å². The van der Waals surface area contributed by atoms with Crippen molar-refractivity contribution in [3.05, 3.63) is 24.8 Å². The highest BCUT2D eigenvalue weighted by Gasteiger charge is 2.36. The molecule has 21 heavy (non-hydrogen) atoms. The summed E-state index contributed by atoms with van der Waals surface area (Å²) >= 11 is 0. The molecule has 0 aliphatic carbocycles. The molecule has 1 aliphatic rings. The first-order valence-corrected chi connectivity index (χ1v) is 6.68. The highest BCUT2D eigenvalue weighted by atomic mass is 16.5. The number of rotatable bonds is 4. The first-order valence-electron chi connectivity index (χ1n) is 6.68. The molecule has 1 saturated heterocycles. The molecule has 2 aromatic heterocycles. The summed E-state index contributed by atoms with van der Waals surface area (Å²) in [5, 5.41) is 19.1. The summed E-state index contributed by atoms with van der Waals surface area (Å²) in [6.07, 6.45) is 2.15. The Bertz CT molecular complexity index is 671. The van der Waals surface area contributed by atoms with E-state index in [1.54, 1.807) is 10.6 Å². The van der Waals surface area contributed by atoms with Crippen LogP contribution in [0.3, 0.4) is 0 Å². The fourth-order valence-electron chi connectivity index (χ4n) is 2.58. The molecule has 112 valence electrons. The number of anilines is 1. The van der Waals surface area contributed by atoms with Crippen molar-refractivity contribution in [3.63, 3.8) is 0 Å². The van der Waals surface area contributed by atoms with E-state index in [2.05, 4.69) is 21.5 Å². The molecule has 0 amide bonds. The normalized spacial score (nSPS) is 25.5. The van der Waals surface area contributed by atoms with E-state index in [1.807, 2.05) is 0 Å². The molecule has 0 aromatic carbocycles. The number of ether oxygens (including phenoxy) is 1. The average molecular weight is 291 g/mol. The molecule has 0 unspecified atom stereocenters. The number of imidazole rings is 1. The maximum atomic E-state index is 9.91. The van der Waals surface area contributed by atoms with Crippen LogP contribution in [0.4, 0.5) is 5.82 Å². The van der Waals surface area contributed by atoms with Crippen molar-refractivity contribution in [3.8, 4) is 0 Å². The van der Waals surface area contributed by atoms with Gasteiger partial charge in [0, 0.05) is 12.8 Å². The Morgan fingerprint density at radius 2 is 2.33 bits per heavy atom. The van der Waals surface area contributed by atoms with Crippen LogP contribution in [0.2, 0.25) is 0 Å². The molecule has 3 atom stereocenters. The zero-order chi connectivity index (χ0) is 15.0. The lowest BCUT2D eigenvalue weighted by Crippen LogP contribution is -2.24. The maximum absolute atomic E-state index is 9.91. The van der Waals surface area contributed by atoms with Crippen LogP contribution in [0.15, 0.2) is 19.0 Å². The van der Waals surface area contributed by atoms with Crippen LogP contribution in [0.1, 0.15) is 18.5 Å². The van der Waals surface area contributed by atoms with Gasteiger partial charge < -0.3 is 20.7 Å². The number of allylic oxidation sites excluding steroid dienone is 1. The fraction of sp³-hybridized carbons (Fsp3) is 0.462. The summed E-state index contributed by atoms with van der Waals surface area (Å²) in [7, 11) is 0. The number of aromatic nitrogens is 4. The Morgan fingerprint density at radius 3 is 3.00 bits per heavy atom. The van der Waals surface area contributed by atoms with E-state index in [1.165, 1.54) is 6.33 Å². The number of aliphatic hydroxyl groups is 2. The predicted octanol–water partition coefficient (Wildman–Crippen LogP) is -0.222. The molecule has 8 heteroatoms. The summed E-state index contributed by atoms with van der Waals surface area (Å²) < 4.78 is 7.48. The maximum Gasteiger partial charge on any atom is 0.167 e. The quantitative estimate of drug-likeness (QED) is 0.666. The number of aliphatic hydroxyl groups excluding tert-OH is 2. The molecule has 1 aliphatic heterocycles. The number of fused-ring (bicyclic) bond motifs is 1. The number of nitrogens with two attached hydrogens (primary N) is 1. The third-order valence-electron chi connectivity index (χ3n) is 3.58. The first kappa shape index (κ1) is 13.9. The van der Waals surface area contributed by atoms with Crippen LogP contribution in [0.25, 0.3) is 11.2 Å². The Labute approximate surface area is 120 Å². The summed E-state index contributed by atoms with van der Waals surface area (Å²) in [4.78, 5) is 12.6. The van der Waals surface area contributed by atoms with E-state index in [9.17, 15) is 10.2 Å². The largest absolute Gasteiger partial charge is 0.394 e. The van der Waals surface area contributed by atoms with Gasteiger partial charge in [-0.15, -0.1) is 6.58 Å². The standard InChI is InChI=1S/C13H17N5O3/c1-2-3-9-17-11-12(14)15-6-16-13(11)18(9)10-4-7(20)8(5-19)21-10/h2,6-8,10,19-20H,1,3-5H2,(H2,14,15,16)/t7-,8+,10+/m0/s1. The van der Waals surface area contributed by atoms with Crippen LogP contribution in [-0.4, -0.2) is 48.5 Å². The second-order valence-corrected chi connectivity index (χ2v) is 4.94. The van der Waals surface area contributed by atoms with Crippen molar-refractivity contribution >= 4 is 17.0 Å². The highest BCUT2D eigenvalue weighted by molar-refractivity contribution is 5.81. The highest BCUT2D eigenvalue weighted by Crippen LogP contribution is 2.33. The molecule has 0 bridgehead atoms. The summed E-state index contributed by atoms with van der Waals surface area (Å²) in [6.45, 7) is 3.47. The van der Waals surface area contributed by atoms with Crippen LogP contribution < -0.4 is 5.73 Å². The van der Waals surface area contributed by atoms with Crippen molar-refractivity contribution in [2.75, 3.05) is 12.3 Å². The molecule has 4 N–H and O–H groups in total. The number of hydrogen-bond donors (Lipinski definition) is 3. The van der Waals surface area contributed by atoms with E-state index >= 15 is 0 Å². The fourth-order valence-corrected chi connectivity index (χ4v) is 2.58. The van der Waals surface area contributed by atoms with E-state index < -0.39 is 18.4 Å². The van der Waals surface area contributed by atoms with Crippen LogP contribution >= 0.6 is 0 Å². The minimum Gasteiger partial charge on any atom is -0.394 e. The first-order chi connectivity index (χ1) is 10.2. The average Bonchev–Trinajstić information content (AvgIpc) is 3.00. The zero-order valence-corrected chi connectivity index (χ0v) is 11.4. The summed E-state index contributed by atoms with van der Waals surface area (Å²) in [5.41, 5.74) is 6.88. The van der Waals surface area contributed by atoms with Crippen molar-refractivity contribution < 1.29 is 14.9 Å². The van der Waals surface area contributed by atoms with E-state index in [0.29, 0.717) is 35.6 Å². The topological polar surface area (TPSA) is 119 Å². The SMILES string of the molecule is C=CCc1nc2c(N)ncnc2n1[C@H]1C[C@H](O)[C@@H](CO)O1. The second-order valence-electron chi connectivity index (χ2n) is 4.94. The minimum absolute atomic E-state index is 0.238. The Kier molecular flexibility index (Phi) is 3.58. The van der Waals surface area contributed by atoms with E-state index in [4.69, 9.17) is 10.5 Å². The molecular weight excluding hydrogens is 274 g/mol. The van der Waals surface area contributed by atoms with Gasteiger partial charge in [0.1, 0.15) is 24.5 Å². The molecule has 3 rings (SSSR count). The lowest BCUT2D eigenvalue weighted by Gasteiger charge is -2.16. The number of nitrogen functional groups attached to an aromatic ring is 1. The predicted molar refractivity (Wildman–Crippen MR) is 75.3 cm³/mol. The van der Waals surface area contributed by atoms with Gasteiger partial charge >= 0.3 is 0 Å². The van der Waals surface area contributed by atoms with Gasteiger partial charge in [-0.25, -0.2) is 15.0 Å². The van der Waals surface area contributed by atoms with Gasteiger partial charge in [-0.05, 0) is 0 Å². The van der Waals surface area contributed by atoms with E-state index in [-0.39, 0.29) is 6.61 Å². The zero-order valence-electron chi connectivity index (χ0n) is 11.4. The van der Waals surface area contributed by atoms with Crippen molar-refractivity contribution in [2.24, 2.45) is 0 Å². The van der Waals surface area contributed by atoms with Gasteiger partial charge in [0.05, 0.1) is 12.7 Å². The second kappa shape index (κ2) is 5.40. The van der Waals surface area contributed by atoms with Gasteiger partial charge in [0.15, 0.2) is 17.0 Å². The lowest BCUT2D eigenvalue weighted by atomic mass is 10.2. The molecule has 0 spiro atoms. The Morgan fingerprint density at radius 1 is 1.52 bits per heavy atom. The minimum atomic E-state index is -0.729. The lowest BCUT2D eigenvalue weighted by molar-refractivity contribution is -0.0439. The smallest absolute Gasteiger partial charge is 0.167 e. The van der Waals surface area contributed by atoms with Crippen molar-refractivity contribution in [1.82, 2.24) is 19.5 Å². The molecule has 0 saturated carbocycles. The van der Waals surface area contributed by atoms with Crippen molar-refractivity contribution in [2.45, 2.75) is 31.3 Å². The molecular formula is C13H17N5O3. The third-order valence-corrected chi connectivity index (χ3v) is 3.58. The van der Waals surface area contributed by atoms with E-state index in [0.717, 1.165) is 0 Å². The van der Waals surface area contributed by atoms with Gasteiger partial charge in [-0.2, -0.15) is 0 Å². The summed E-state index contributed by atoms with van der Waals surface area (Å²) in [6, 6.07) is 0. The number of hydrogen-bond acceptors (Lipinski definition) is 7. The van der Waals surface area contributed by atoms with Gasteiger partial charge in [0.2, 0.25) is 0 Å². The van der Waals surface area contributed by atoms with Crippen molar-refractivity contribution in [1.29, 1.82) is 0 Å². The van der Waals surface area contributed by atoms with Gasteiger partial charge in [-0.3, -0.25) is 4.57 Å². The Hall–Kier alpha value is -2.03. The van der Waals surface area contributed by atoms with Crippen LogP contribution in [0.5, 0.6) is 0 Å². The number of nitrogens with zero attached hydrogens (tertiary/aromatic N) is 4. The monoisotopic (exact) mass is 291 g/mol. The third kappa shape index (κ3) is 2.27. The molecule has 2 aromatic rings.